The topological polar surface area (TPSA) is 70.6 Å². The van der Waals surface area contributed by atoms with Crippen LogP contribution in [0.3, 0.4) is 0 Å². The van der Waals surface area contributed by atoms with Crippen molar-refractivity contribution in [2.75, 3.05) is 5.32 Å². The predicted octanol–water partition coefficient (Wildman–Crippen LogP) is 2.75. The summed E-state index contributed by atoms with van der Waals surface area (Å²) in [7, 11) is 0. The zero-order valence-corrected chi connectivity index (χ0v) is 13.0. The first-order valence-electron chi connectivity index (χ1n) is 7.34. The average molecular weight is 309 g/mol. The third kappa shape index (κ3) is 6.13. The molecule has 2 aromatic rings. The molecule has 0 atom stereocenters. The SMILES string of the molecule is C/C(CC(=O)Nc1ccccc1)=N/NC(=O)Cc1ccccc1. The molecule has 0 saturated carbocycles. The smallest absolute Gasteiger partial charge is 0.244 e. The van der Waals surface area contributed by atoms with Gasteiger partial charge in [0.15, 0.2) is 0 Å². The van der Waals surface area contributed by atoms with Crippen LogP contribution in [0, 0.1) is 0 Å². The highest BCUT2D eigenvalue weighted by molar-refractivity contribution is 6.05. The Morgan fingerprint density at radius 3 is 2.17 bits per heavy atom. The van der Waals surface area contributed by atoms with Crippen LogP contribution in [0.1, 0.15) is 18.9 Å². The Bertz CT molecular complexity index is 682. The molecule has 5 heteroatoms. The number of nitrogens with one attached hydrogen (secondary N) is 2. The molecule has 0 aliphatic rings. The van der Waals surface area contributed by atoms with Gasteiger partial charge in [-0.05, 0) is 24.6 Å². The van der Waals surface area contributed by atoms with Crippen molar-refractivity contribution in [2.24, 2.45) is 5.10 Å². The van der Waals surface area contributed by atoms with Gasteiger partial charge in [0.25, 0.3) is 0 Å². The average Bonchev–Trinajstić information content (AvgIpc) is 2.55. The number of hydrogen-bond acceptors (Lipinski definition) is 3. The molecule has 0 heterocycles. The van der Waals surface area contributed by atoms with E-state index >= 15 is 0 Å². The maximum absolute atomic E-state index is 11.9. The van der Waals surface area contributed by atoms with Gasteiger partial charge >= 0.3 is 0 Å². The molecule has 0 fully saturated rings. The van der Waals surface area contributed by atoms with Crippen molar-refractivity contribution in [2.45, 2.75) is 19.8 Å². The Hall–Kier alpha value is -2.95. The minimum Gasteiger partial charge on any atom is -0.326 e. The number of carbonyl (C=O) groups excluding carboxylic acids is 2. The molecule has 23 heavy (non-hydrogen) atoms. The predicted molar refractivity (Wildman–Crippen MR) is 91.1 cm³/mol. The van der Waals surface area contributed by atoms with Crippen LogP contribution in [0.4, 0.5) is 5.69 Å². The van der Waals surface area contributed by atoms with Gasteiger partial charge in [0, 0.05) is 11.4 Å². The number of para-hydroxylation sites is 1. The number of carbonyl (C=O) groups is 2. The highest BCUT2D eigenvalue weighted by Crippen LogP contribution is 2.05. The molecule has 0 aromatic heterocycles. The van der Waals surface area contributed by atoms with Crippen molar-refractivity contribution >= 4 is 23.2 Å². The Balaban J connectivity index is 1.78. The van der Waals surface area contributed by atoms with E-state index < -0.39 is 0 Å². The molecule has 2 amide bonds. The Labute approximate surface area is 135 Å². The van der Waals surface area contributed by atoms with Crippen LogP contribution in [0.5, 0.6) is 0 Å². The summed E-state index contributed by atoms with van der Waals surface area (Å²) in [5.74, 6) is -0.381. The van der Waals surface area contributed by atoms with Gasteiger partial charge in [0.05, 0.1) is 12.8 Å². The summed E-state index contributed by atoms with van der Waals surface area (Å²) >= 11 is 0. The second kappa shape index (κ2) is 8.48. The molecule has 2 N–H and O–H groups in total. The van der Waals surface area contributed by atoms with Crippen LogP contribution in [0.25, 0.3) is 0 Å². The molecule has 0 aliphatic heterocycles. The fraction of sp³-hybridized carbons (Fsp3) is 0.167. The molecule has 118 valence electrons. The normalized spacial score (nSPS) is 10.9. The molecule has 2 aromatic carbocycles. The number of hydrogen-bond donors (Lipinski definition) is 2. The Kier molecular flexibility index (Phi) is 6.06. The monoisotopic (exact) mass is 309 g/mol. The van der Waals surface area contributed by atoms with Crippen molar-refractivity contribution < 1.29 is 9.59 Å². The summed E-state index contributed by atoms with van der Waals surface area (Å²) in [6.45, 7) is 1.70. The van der Waals surface area contributed by atoms with Crippen molar-refractivity contribution in [3.8, 4) is 0 Å². The molecule has 2 rings (SSSR count). The van der Waals surface area contributed by atoms with Crippen LogP contribution in [-0.2, 0) is 16.0 Å². The van der Waals surface area contributed by atoms with Gasteiger partial charge in [-0.2, -0.15) is 5.10 Å². The van der Waals surface area contributed by atoms with Gasteiger partial charge in [0.2, 0.25) is 11.8 Å². The fourth-order valence-corrected chi connectivity index (χ4v) is 1.98. The minimum absolute atomic E-state index is 0.126. The largest absolute Gasteiger partial charge is 0.326 e. The summed E-state index contributed by atoms with van der Waals surface area (Å²) in [5, 5.41) is 6.73. The lowest BCUT2D eigenvalue weighted by molar-refractivity contribution is -0.120. The van der Waals surface area contributed by atoms with Gasteiger partial charge in [0.1, 0.15) is 0 Å². The number of rotatable bonds is 6. The summed E-state index contributed by atoms with van der Waals surface area (Å²) in [5.41, 5.74) is 4.66. The van der Waals surface area contributed by atoms with Gasteiger partial charge in [-0.15, -0.1) is 0 Å². The molecule has 5 nitrogen and oxygen atoms in total. The van der Waals surface area contributed by atoms with Crippen molar-refractivity contribution in [1.29, 1.82) is 0 Å². The van der Waals surface area contributed by atoms with Crippen molar-refractivity contribution in [3.05, 3.63) is 66.2 Å². The van der Waals surface area contributed by atoms with E-state index in [2.05, 4.69) is 15.8 Å². The fourth-order valence-electron chi connectivity index (χ4n) is 1.98. The number of hydrazone groups is 1. The van der Waals surface area contributed by atoms with Crippen LogP contribution in [0.2, 0.25) is 0 Å². The highest BCUT2D eigenvalue weighted by Gasteiger charge is 2.06. The van der Waals surface area contributed by atoms with Crippen molar-refractivity contribution in [3.63, 3.8) is 0 Å². The first kappa shape index (κ1) is 16.4. The second-order valence-electron chi connectivity index (χ2n) is 5.14. The molecular formula is C18H19N3O2. The van der Waals surface area contributed by atoms with Crippen LogP contribution in [-0.4, -0.2) is 17.5 Å². The maximum Gasteiger partial charge on any atom is 0.244 e. The van der Waals surface area contributed by atoms with E-state index in [4.69, 9.17) is 0 Å². The van der Waals surface area contributed by atoms with E-state index in [9.17, 15) is 9.59 Å². The molecule has 0 aliphatic carbocycles. The summed E-state index contributed by atoms with van der Waals surface area (Å²) in [6.07, 6.45) is 0.383. The van der Waals surface area contributed by atoms with E-state index in [-0.39, 0.29) is 24.7 Å². The van der Waals surface area contributed by atoms with Crippen LogP contribution in [0.15, 0.2) is 65.8 Å². The Morgan fingerprint density at radius 1 is 0.913 bits per heavy atom. The molecular weight excluding hydrogens is 290 g/mol. The summed E-state index contributed by atoms with van der Waals surface area (Å²) in [6, 6.07) is 18.6. The molecule has 0 unspecified atom stereocenters. The van der Waals surface area contributed by atoms with Crippen molar-refractivity contribution in [1.82, 2.24) is 5.43 Å². The van der Waals surface area contributed by atoms with E-state index in [0.29, 0.717) is 5.71 Å². The third-order valence-electron chi connectivity index (χ3n) is 3.05. The lowest BCUT2D eigenvalue weighted by Gasteiger charge is -2.05. The summed E-state index contributed by atoms with van der Waals surface area (Å²) < 4.78 is 0. The summed E-state index contributed by atoms with van der Waals surface area (Å²) in [4.78, 5) is 23.6. The second-order valence-corrected chi connectivity index (χ2v) is 5.14. The molecule has 0 spiro atoms. The minimum atomic E-state index is -0.209. The molecule has 0 radical (unpaired) electrons. The zero-order chi connectivity index (χ0) is 16.5. The molecule has 0 bridgehead atoms. The van der Waals surface area contributed by atoms with Crippen LogP contribution >= 0.6 is 0 Å². The lowest BCUT2D eigenvalue weighted by Crippen LogP contribution is -2.22. The number of anilines is 1. The van der Waals surface area contributed by atoms with Crippen LogP contribution < -0.4 is 10.7 Å². The van der Waals surface area contributed by atoms with Gasteiger partial charge < -0.3 is 5.32 Å². The van der Waals surface area contributed by atoms with E-state index in [0.717, 1.165) is 11.3 Å². The lowest BCUT2D eigenvalue weighted by atomic mass is 10.1. The first-order chi connectivity index (χ1) is 11.1. The first-order valence-corrected chi connectivity index (χ1v) is 7.34. The van der Waals surface area contributed by atoms with E-state index in [1.807, 2.05) is 60.7 Å². The third-order valence-corrected chi connectivity index (χ3v) is 3.05. The van der Waals surface area contributed by atoms with Gasteiger partial charge in [-0.1, -0.05) is 48.5 Å². The number of amides is 2. The quantitative estimate of drug-likeness (QED) is 0.636. The number of nitrogens with zero attached hydrogens (tertiary/aromatic N) is 1. The van der Waals surface area contributed by atoms with Gasteiger partial charge in [-0.3, -0.25) is 9.59 Å². The number of benzene rings is 2. The molecule has 0 saturated heterocycles. The standard InChI is InChI=1S/C18H19N3O2/c1-14(12-17(22)19-16-10-6-3-7-11-16)20-21-18(23)13-15-8-4-2-5-9-15/h2-11H,12-13H2,1H3,(H,19,22)(H,21,23)/b20-14-. The maximum atomic E-state index is 11.9. The van der Waals surface area contributed by atoms with E-state index in [1.165, 1.54) is 0 Å². The zero-order valence-electron chi connectivity index (χ0n) is 13.0. The van der Waals surface area contributed by atoms with Gasteiger partial charge in [-0.25, -0.2) is 5.43 Å². The van der Waals surface area contributed by atoms with E-state index in [1.54, 1.807) is 6.92 Å². The highest BCUT2D eigenvalue weighted by atomic mass is 16.2. The Morgan fingerprint density at radius 2 is 1.52 bits per heavy atom.